The highest BCUT2D eigenvalue weighted by Crippen LogP contribution is 2.20. The first-order valence-electron chi connectivity index (χ1n) is 6.32. The first-order valence-corrected chi connectivity index (χ1v) is 7.11. The minimum Gasteiger partial charge on any atom is -0.394 e. The quantitative estimate of drug-likeness (QED) is 0.885. The predicted octanol–water partition coefficient (Wildman–Crippen LogP) is 3.14. The lowest BCUT2D eigenvalue weighted by Crippen LogP contribution is -2.24. The molecule has 0 aromatic heterocycles. The molecule has 102 valence electrons. The van der Waals surface area contributed by atoms with Gasteiger partial charge < -0.3 is 10.4 Å². The standard InChI is InChI=1S/C16H15BrN2O/c17-15-8-12(9-18)6-7-14(15)10-19-16(11-20)13-4-2-1-3-5-13/h1-8,16,19-20H,10-11H2. The van der Waals surface area contributed by atoms with Crippen LogP contribution in [0.25, 0.3) is 0 Å². The van der Waals surface area contributed by atoms with Crippen molar-refractivity contribution in [2.45, 2.75) is 12.6 Å². The van der Waals surface area contributed by atoms with Crippen molar-refractivity contribution in [2.24, 2.45) is 0 Å². The largest absolute Gasteiger partial charge is 0.394 e. The van der Waals surface area contributed by atoms with Crippen LogP contribution in [0, 0.1) is 11.3 Å². The van der Waals surface area contributed by atoms with E-state index in [0.29, 0.717) is 12.1 Å². The molecule has 4 heteroatoms. The van der Waals surface area contributed by atoms with Crippen molar-refractivity contribution in [3.05, 3.63) is 69.7 Å². The van der Waals surface area contributed by atoms with Crippen LogP contribution in [-0.2, 0) is 6.54 Å². The highest BCUT2D eigenvalue weighted by atomic mass is 79.9. The number of benzene rings is 2. The van der Waals surface area contributed by atoms with Crippen molar-refractivity contribution in [3.8, 4) is 6.07 Å². The Bertz CT molecular complexity index is 608. The van der Waals surface area contributed by atoms with Gasteiger partial charge in [-0.2, -0.15) is 5.26 Å². The Hall–Kier alpha value is -1.67. The van der Waals surface area contributed by atoms with Crippen molar-refractivity contribution in [1.29, 1.82) is 5.26 Å². The molecular formula is C16H15BrN2O. The number of hydrogen-bond acceptors (Lipinski definition) is 3. The maximum absolute atomic E-state index is 9.49. The van der Waals surface area contributed by atoms with Gasteiger partial charge in [-0.3, -0.25) is 0 Å². The van der Waals surface area contributed by atoms with Gasteiger partial charge in [-0.05, 0) is 23.3 Å². The summed E-state index contributed by atoms with van der Waals surface area (Å²) in [6.45, 7) is 0.657. The molecule has 0 saturated heterocycles. The molecule has 3 nitrogen and oxygen atoms in total. The first-order chi connectivity index (χ1) is 9.74. The van der Waals surface area contributed by atoms with Crippen molar-refractivity contribution in [3.63, 3.8) is 0 Å². The molecule has 1 unspecified atom stereocenters. The van der Waals surface area contributed by atoms with Gasteiger partial charge in [-0.1, -0.05) is 52.3 Å². The molecule has 20 heavy (non-hydrogen) atoms. The van der Waals surface area contributed by atoms with E-state index in [1.54, 1.807) is 12.1 Å². The van der Waals surface area contributed by atoms with Gasteiger partial charge in [0, 0.05) is 11.0 Å². The van der Waals surface area contributed by atoms with E-state index in [1.165, 1.54) is 0 Å². The van der Waals surface area contributed by atoms with Gasteiger partial charge in [0.25, 0.3) is 0 Å². The van der Waals surface area contributed by atoms with E-state index < -0.39 is 0 Å². The van der Waals surface area contributed by atoms with E-state index in [4.69, 9.17) is 5.26 Å². The molecule has 2 aromatic carbocycles. The zero-order valence-corrected chi connectivity index (χ0v) is 12.5. The number of nitriles is 1. The summed E-state index contributed by atoms with van der Waals surface area (Å²) >= 11 is 3.46. The minimum atomic E-state index is -0.0984. The van der Waals surface area contributed by atoms with E-state index >= 15 is 0 Å². The Morgan fingerprint density at radius 1 is 1.20 bits per heavy atom. The van der Waals surface area contributed by atoms with E-state index in [1.807, 2.05) is 36.4 Å². The summed E-state index contributed by atoms with van der Waals surface area (Å²) < 4.78 is 0.897. The highest BCUT2D eigenvalue weighted by molar-refractivity contribution is 9.10. The number of rotatable bonds is 5. The average molecular weight is 331 g/mol. The van der Waals surface area contributed by atoms with Crippen LogP contribution in [0.5, 0.6) is 0 Å². The molecule has 0 spiro atoms. The van der Waals surface area contributed by atoms with Crippen LogP contribution in [-0.4, -0.2) is 11.7 Å². The van der Waals surface area contributed by atoms with E-state index in [9.17, 15) is 5.11 Å². The number of aliphatic hydroxyl groups is 1. The maximum Gasteiger partial charge on any atom is 0.0992 e. The van der Waals surface area contributed by atoms with Crippen molar-refractivity contribution in [1.82, 2.24) is 5.32 Å². The summed E-state index contributed by atoms with van der Waals surface area (Å²) in [6, 6.07) is 17.3. The fourth-order valence-electron chi connectivity index (χ4n) is 1.97. The molecule has 1 atom stereocenters. The molecule has 0 amide bonds. The summed E-state index contributed by atoms with van der Waals surface area (Å²) in [7, 11) is 0. The van der Waals surface area contributed by atoms with Gasteiger partial charge in [0.05, 0.1) is 24.3 Å². The van der Waals surface area contributed by atoms with E-state index in [2.05, 4.69) is 27.3 Å². The highest BCUT2D eigenvalue weighted by Gasteiger charge is 2.10. The van der Waals surface area contributed by atoms with Gasteiger partial charge >= 0.3 is 0 Å². The summed E-state index contributed by atoms with van der Waals surface area (Å²) in [5.41, 5.74) is 2.74. The van der Waals surface area contributed by atoms with Crippen LogP contribution in [0.1, 0.15) is 22.7 Å². The third kappa shape index (κ3) is 3.67. The molecule has 0 aliphatic carbocycles. The third-order valence-corrected chi connectivity index (χ3v) is 3.84. The Balaban J connectivity index is 2.06. The second-order valence-electron chi connectivity index (χ2n) is 4.44. The Morgan fingerprint density at radius 3 is 2.55 bits per heavy atom. The molecule has 0 fully saturated rings. The Morgan fingerprint density at radius 2 is 1.95 bits per heavy atom. The fraction of sp³-hybridized carbons (Fsp3) is 0.188. The molecular weight excluding hydrogens is 316 g/mol. The monoisotopic (exact) mass is 330 g/mol. The fourth-order valence-corrected chi connectivity index (χ4v) is 2.49. The molecule has 0 saturated carbocycles. The van der Waals surface area contributed by atoms with E-state index in [0.717, 1.165) is 15.6 Å². The van der Waals surface area contributed by atoms with Gasteiger partial charge in [-0.25, -0.2) is 0 Å². The Labute approximate surface area is 127 Å². The van der Waals surface area contributed by atoms with Crippen LogP contribution >= 0.6 is 15.9 Å². The maximum atomic E-state index is 9.49. The molecule has 2 aromatic rings. The molecule has 2 rings (SSSR count). The van der Waals surface area contributed by atoms with E-state index in [-0.39, 0.29) is 12.6 Å². The lowest BCUT2D eigenvalue weighted by atomic mass is 10.1. The van der Waals surface area contributed by atoms with Gasteiger partial charge in [0.1, 0.15) is 0 Å². The van der Waals surface area contributed by atoms with Gasteiger partial charge in [0.15, 0.2) is 0 Å². The lowest BCUT2D eigenvalue weighted by Gasteiger charge is -2.17. The summed E-state index contributed by atoms with van der Waals surface area (Å²) in [6.07, 6.45) is 0. The van der Waals surface area contributed by atoms with Crippen LogP contribution in [0.3, 0.4) is 0 Å². The Kier molecular flexibility index (Phi) is 5.31. The SMILES string of the molecule is N#Cc1ccc(CNC(CO)c2ccccc2)c(Br)c1. The van der Waals surface area contributed by atoms with Crippen LogP contribution in [0.2, 0.25) is 0 Å². The number of nitrogens with one attached hydrogen (secondary N) is 1. The average Bonchev–Trinajstić information content (AvgIpc) is 2.50. The molecule has 0 bridgehead atoms. The second kappa shape index (κ2) is 7.20. The zero-order valence-electron chi connectivity index (χ0n) is 10.9. The van der Waals surface area contributed by atoms with Gasteiger partial charge in [-0.15, -0.1) is 0 Å². The molecule has 0 aliphatic heterocycles. The van der Waals surface area contributed by atoms with Crippen molar-refractivity contribution >= 4 is 15.9 Å². The molecule has 0 aliphatic rings. The zero-order chi connectivity index (χ0) is 14.4. The molecule has 0 radical (unpaired) electrons. The normalized spacial score (nSPS) is 11.8. The van der Waals surface area contributed by atoms with Crippen LogP contribution < -0.4 is 5.32 Å². The predicted molar refractivity (Wildman–Crippen MR) is 82.0 cm³/mol. The first kappa shape index (κ1) is 14.7. The number of hydrogen-bond donors (Lipinski definition) is 2. The molecule has 2 N–H and O–H groups in total. The van der Waals surface area contributed by atoms with Crippen LogP contribution in [0.15, 0.2) is 53.0 Å². The second-order valence-corrected chi connectivity index (χ2v) is 5.30. The summed E-state index contributed by atoms with van der Waals surface area (Å²) in [5, 5.41) is 21.6. The lowest BCUT2D eigenvalue weighted by molar-refractivity contribution is 0.243. The number of aliphatic hydroxyl groups excluding tert-OH is 1. The van der Waals surface area contributed by atoms with Gasteiger partial charge in [0.2, 0.25) is 0 Å². The van der Waals surface area contributed by atoms with Crippen molar-refractivity contribution in [2.75, 3.05) is 6.61 Å². The number of nitrogens with zero attached hydrogens (tertiary/aromatic N) is 1. The van der Waals surface area contributed by atoms with Crippen molar-refractivity contribution < 1.29 is 5.11 Å². The summed E-state index contributed by atoms with van der Waals surface area (Å²) in [5.74, 6) is 0. The third-order valence-electron chi connectivity index (χ3n) is 3.11. The smallest absolute Gasteiger partial charge is 0.0992 e. The number of halogens is 1. The van der Waals surface area contributed by atoms with Crippen LogP contribution in [0.4, 0.5) is 0 Å². The molecule has 0 heterocycles. The summed E-state index contributed by atoms with van der Waals surface area (Å²) in [4.78, 5) is 0. The minimum absolute atomic E-state index is 0.0396. The topological polar surface area (TPSA) is 56.0 Å².